The first kappa shape index (κ1) is 76.1. The van der Waals surface area contributed by atoms with Gasteiger partial charge in [-0.05, 0) is 0 Å². The summed E-state index contributed by atoms with van der Waals surface area (Å²) in [7, 11) is -4.61. The van der Waals surface area contributed by atoms with Gasteiger partial charge in [0.2, 0.25) is 0 Å². The third-order valence-electron chi connectivity index (χ3n) is 0. The minimum absolute atomic E-state index is 0. The molecule has 84 valence electrons. The molecular formula is H12CaF6O4Si. The van der Waals surface area contributed by atoms with Crippen molar-refractivity contribution < 1.29 is 47.4 Å². The number of halogens is 6. The average Bonchev–Trinajstić information content (AvgIpc) is 0.722. The monoisotopic (exact) mass is 258 g/mol. The fourth-order valence-corrected chi connectivity index (χ4v) is 0. The van der Waals surface area contributed by atoms with Gasteiger partial charge in [-0.1, -0.05) is 0 Å². The van der Waals surface area contributed by atoms with Gasteiger partial charge in [0.05, 0.1) is 0 Å². The number of hydrogen-bond acceptors (Lipinski definition) is 4. The Hall–Kier alpha value is 0.897. The van der Waals surface area contributed by atoms with Gasteiger partial charge >= 0.3 is 46.8 Å². The molecule has 0 unspecified atom stereocenters. The second-order valence-electron chi connectivity index (χ2n) is 0.600. The summed E-state index contributed by atoms with van der Waals surface area (Å²) in [5.41, 5.74) is 0. The van der Waals surface area contributed by atoms with Crippen molar-refractivity contribution in [2.75, 3.05) is 0 Å². The Morgan fingerprint density at radius 3 is 0.500 bits per heavy atom. The molecule has 0 rings (SSSR count). The third kappa shape index (κ3) is 1330. The molecule has 0 saturated carbocycles. The first-order valence-corrected chi connectivity index (χ1v) is 2.68. The Bertz CT molecular complexity index is 35.0. The van der Waals surface area contributed by atoms with Crippen LogP contribution in [0.5, 0.6) is 0 Å². The van der Waals surface area contributed by atoms with E-state index in [2.05, 4.69) is 0 Å². The Morgan fingerprint density at radius 1 is 0.500 bits per heavy atom. The van der Waals surface area contributed by atoms with Gasteiger partial charge in [0.1, 0.15) is 0 Å². The second-order valence-corrected chi connectivity index (χ2v) is 1.80. The van der Waals surface area contributed by atoms with Crippen LogP contribution in [0.2, 0.25) is 0 Å². The van der Waals surface area contributed by atoms with Gasteiger partial charge in [0.15, 0.2) is 0 Å². The standard InChI is InChI=1S/Ca.6FH.H4O4Si.2H/c;;;;;;;1-5(2,3)4;;/h;6*1H;1-4H;;. The van der Waals surface area contributed by atoms with Gasteiger partial charge in [-0.2, -0.15) is 0 Å². The zero-order chi connectivity index (χ0) is 4.50. The summed E-state index contributed by atoms with van der Waals surface area (Å²) in [5, 5.41) is 0. The summed E-state index contributed by atoms with van der Waals surface area (Å²) >= 11 is 0. The molecule has 12 heteroatoms. The molecule has 0 heterocycles. The van der Waals surface area contributed by atoms with Crippen LogP contribution in [0.15, 0.2) is 0 Å². The van der Waals surface area contributed by atoms with E-state index in [1.165, 1.54) is 0 Å². The molecule has 0 aliphatic carbocycles. The van der Waals surface area contributed by atoms with Crippen LogP contribution < -0.4 is 0 Å². The SMILES string of the molecule is F.F.F.F.F.F.O[Si](O)(O)O.[CaH2]. The van der Waals surface area contributed by atoms with Gasteiger partial charge in [0.25, 0.3) is 0 Å². The number of hydrogen-bond donors (Lipinski definition) is 4. The van der Waals surface area contributed by atoms with Gasteiger partial charge in [0, 0.05) is 0 Å². The first-order chi connectivity index (χ1) is 2.00. The zero-order valence-electron chi connectivity index (χ0n) is 4.74. The van der Waals surface area contributed by atoms with Gasteiger partial charge < -0.3 is 19.2 Å². The Labute approximate surface area is 93.9 Å². The quantitative estimate of drug-likeness (QED) is 0.283. The average molecular weight is 258 g/mol. The summed E-state index contributed by atoms with van der Waals surface area (Å²) in [6.45, 7) is 0. The van der Waals surface area contributed by atoms with Crippen molar-refractivity contribution in [3.63, 3.8) is 0 Å². The van der Waals surface area contributed by atoms with Crippen molar-refractivity contribution in [1.29, 1.82) is 0 Å². The fraction of sp³-hybridized carbons (Fsp3) is 0. The normalized spacial score (nSPS) is 5.00. The molecule has 0 atom stereocenters. The third-order valence-corrected chi connectivity index (χ3v) is 0. The van der Waals surface area contributed by atoms with Crippen LogP contribution in [0, 0.1) is 0 Å². The molecule has 0 bridgehead atoms. The van der Waals surface area contributed by atoms with E-state index in [-0.39, 0.29) is 66.0 Å². The second kappa shape index (κ2) is 29.7. The molecule has 0 amide bonds. The van der Waals surface area contributed by atoms with Crippen LogP contribution in [0.3, 0.4) is 0 Å². The summed E-state index contributed by atoms with van der Waals surface area (Å²) in [6, 6.07) is 0. The Balaban J connectivity index is -0.00000000381. The number of rotatable bonds is 0. The fourth-order valence-electron chi connectivity index (χ4n) is 0. The first-order valence-electron chi connectivity index (χ1n) is 0.894. The molecule has 0 aromatic heterocycles. The summed E-state index contributed by atoms with van der Waals surface area (Å²) in [5.74, 6) is 0. The maximum atomic E-state index is 7.33. The van der Waals surface area contributed by atoms with Crippen LogP contribution in [-0.4, -0.2) is 66.0 Å². The molecule has 4 N–H and O–H groups in total. The van der Waals surface area contributed by atoms with E-state index in [0.29, 0.717) is 0 Å². The van der Waals surface area contributed by atoms with E-state index in [1.54, 1.807) is 0 Å². The molecule has 4 nitrogen and oxygen atoms in total. The maximum absolute atomic E-state index is 7.33. The van der Waals surface area contributed by atoms with Crippen LogP contribution in [0.4, 0.5) is 28.2 Å². The molecular weight excluding hydrogens is 246 g/mol. The van der Waals surface area contributed by atoms with E-state index in [4.69, 9.17) is 19.2 Å². The molecule has 0 fully saturated rings. The van der Waals surface area contributed by atoms with Crippen LogP contribution in [-0.2, 0) is 0 Å². The molecule has 0 aromatic rings. The van der Waals surface area contributed by atoms with Crippen molar-refractivity contribution in [3.8, 4) is 0 Å². The minimum atomic E-state index is -4.61. The molecule has 12 heavy (non-hydrogen) atoms. The molecule has 0 aliphatic heterocycles. The van der Waals surface area contributed by atoms with Gasteiger partial charge in [-0.25, -0.2) is 0 Å². The zero-order valence-corrected chi connectivity index (χ0v) is 5.74. The van der Waals surface area contributed by atoms with Crippen molar-refractivity contribution in [1.82, 2.24) is 0 Å². The molecule has 0 aliphatic rings. The van der Waals surface area contributed by atoms with Crippen molar-refractivity contribution >= 4 is 46.8 Å². The predicted octanol–water partition coefficient (Wildman–Crippen LogP) is -2.61. The topological polar surface area (TPSA) is 80.9 Å². The van der Waals surface area contributed by atoms with Crippen molar-refractivity contribution in [2.24, 2.45) is 0 Å². The summed E-state index contributed by atoms with van der Waals surface area (Å²) in [6.07, 6.45) is 0. The van der Waals surface area contributed by atoms with Crippen molar-refractivity contribution in [3.05, 3.63) is 0 Å². The van der Waals surface area contributed by atoms with E-state index >= 15 is 0 Å². The van der Waals surface area contributed by atoms with Gasteiger partial charge in [-0.3, -0.25) is 28.2 Å². The van der Waals surface area contributed by atoms with Gasteiger partial charge in [-0.15, -0.1) is 0 Å². The van der Waals surface area contributed by atoms with E-state index in [1.807, 2.05) is 0 Å². The molecule has 0 aromatic carbocycles. The van der Waals surface area contributed by atoms with E-state index in [0.717, 1.165) is 0 Å². The molecule has 0 radical (unpaired) electrons. The summed E-state index contributed by atoms with van der Waals surface area (Å²) in [4.78, 5) is 29.3. The van der Waals surface area contributed by atoms with E-state index < -0.39 is 9.05 Å². The predicted molar refractivity (Wildman–Crippen MR) is 38.2 cm³/mol. The van der Waals surface area contributed by atoms with Crippen LogP contribution >= 0.6 is 0 Å². The Kier molecular flexibility index (Phi) is 188. The van der Waals surface area contributed by atoms with Crippen LogP contribution in [0.25, 0.3) is 0 Å². The summed E-state index contributed by atoms with van der Waals surface area (Å²) < 4.78 is 0. The van der Waals surface area contributed by atoms with Crippen LogP contribution in [0.1, 0.15) is 0 Å². The van der Waals surface area contributed by atoms with Crippen molar-refractivity contribution in [2.45, 2.75) is 0 Å². The molecule has 0 spiro atoms. The Morgan fingerprint density at radius 2 is 0.500 bits per heavy atom. The van der Waals surface area contributed by atoms with E-state index in [9.17, 15) is 0 Å². The molecule has 0 saturated heterocycles.